The number of ketones is 1. The molecular formula is C19H27NO4S. The van der Waals surface area contributed by atoms with Crippen LogP contribution in [0, 0.1) is 11.8 Å². The average Bonchev–Trinajstić information content (AvgIpc) is 3.11. The Hall–Kier alpha value is -1.69. The van der Waals surface area contributed by atoms with Gasteiger partial charge in [-0.05, 0) is 36.6 Å². The molecule has 0 spiro atoms. The van der Waals surface area contributed by atoms with Crippen LogP contribution in [-0.2, 0) is 14.3 Å². The minimum atomic E-state index is -0.839. The number of hydrogen-bond donors (Lipinski definition) is 1. The number of ether oxygens (including phenoxy) is 1. The normalized spacial score (nSPS) is 24.4. The average molecular weight is 365 g/mol. The summed E-state index contributed by atoms with van der Waals surface area (Å²) in [6, 6.07) is 3.68. The van der Waals surface area contributed by atoms with E-state index in [2.05, 4.69) is 19.2 Å². The van der Waals surface area contributed by atoms with Crippen molar-refractivity contribution in [2.45, 2.75) is 65.0 Å². The maximum atomic E-state index is 12.3. The Bertz CT molecular complexity index is 599. The van der Waals surface area contributed by atoms with Crippen molar-refractivity contribution in [2.24, 2.45) is 11.8 Å². The fourth-order valence-corrected chi connectivity index (χ4v) is 3.87. The van der Waals surface area contributed by atoms with Gasteiger partial charge in [-0.25, -0.2) is 0 Å². The number of amides is 1. The van der Waals surface area contributed by atoms with Crippen LogP contribution in [0.15, 0.2) is 17.5 Å². The van der Waals surface area contributed by atoms with Crippen molar-refractivity contribution in [1.82, 2.24) is 5.32 Å². The molecule has 1 aromatic heterocycles. The fourth-order valence-electron chi connectivity index (χ4n) is 3.17. The molecule has 6 heteroatoms. The van der Waals surface area contributed by atoms with E-state index in [1.807, 2.05) is 5.38 Å². The van der Waals surface area contributed by atoms with Crippen LogP contribution >= 0.6 is 11.3 Å². The largest absolute Gasteiger partial charge is 0.453 e. The second-order valence-electron chi connectivity index (χ2n) is 6.91. The molecule has 1 fully saturated rings. The summed E-state index contributed by atoms with van der Waals surface area (Å²) in [7, 11) is 0. The number of carbonyl (C=O) groups is 3. The van der Waals surface area contributed by atoms with E-state index in [9.17, 15) is 14.4 Å². The quantitative estimate of drug-likeness (QED) is 0.592. The van der Waals surface area contributed by atoms with Crippen molar-refractivity contribution in [3.63, 3.8) is 0 Å². The molecule has 5 nitrogen and oxygen atoms in total. The van der Waals surface area contributed by atoms with Crippen LogP contribution in [0.25, 0.3) is 0 Å². The molecule has 0 saturated heterocycles. The predicted octanol–water partition coefficient (Wildman–Crippen LogP) is 3.58. The molecule has 0 aromatic carbocycles. The lowest BCUT2D eigenvalue weighted by molar-refractivity contribution is -0.155. The molecule has 1 aliphatic carbocycles. The number of esters is 1. The summed E-state index contributed by atoms with van der Waals surface area (Å²) in [5, 5.41) is 4.83. The monoisotopic (exact) mass is 365 g/mol. The molecule has 1 saturated carbocycles. The Balaban J connectivity index is 1.74. The van der Waals surface area contributed by atoms with Crippen LogP contribution in [0.5, 0.6) is 0 Å². The Morgan fingerprint density at radius 1 is 1.28 bits per heavy atom. The number of nitrogens with one attached hydrogen (secondary N) is 1. The zero-order valence-electron chi connectivity index (χ0n) is 15.1. The molecule has 4 atom stereocenters. The van der Waals surface area contributed by atoms with Gasteiger partial charge >= 0.3 is 5.97 Å². The first-order valence-corrected chi connectivity index (χ1v) is 9.83. The number of rotatable bonds is 7. The maximum absolute atomic E-state index is 12.3. The van der Waals surface area contributed by atoms with E-state index in [0.717, 1.165) is 12.8 Å². The van der Waals surface area contributed by atoms with Gasteiger partial charge in [-0.3, -0.25) is 14.4 Å². The molecule has 1 N–H and O–H groups in total. The highest BCUT2D eigenvalue weighted by Gasteiger charge is 2.30. The summed E-state index contributed by atoms with van der Waals surface area (Å²) in [5.41, 5.74) is 0. The smallest absolute Gasteiger partial charge is 0.307 e. The first-order valence-electron chi connectivity index (χ1n) is 8.95. The molecular weight excluding hydrogens is 338 g/mol. The molecule has 1 aromatic rings. The molecule has 1 amide bonds. The Morgan fingerprint density at radius 3 is 2.72 bits per heavy atom. The summed E-state index contributed by atoms with van der Waals surface area (Å²) in [6.45, 7) is 5.93. The van der Waals surface area contributed by atoms with Crippen molar-refractivity contribution >= 4 is 29.0 Å². The van der Waals surface area contributed by atoms with E-state index in [4.69, 9.17) is 4.74 Å². The lowest BCUT2D eigenvalue weighted by atomic mass is 9.78. The second-order valence-corrected chi connectivity index (χ2v) is 7.86. The summed E-state index contributed by atoms with van der Waals surface area (Å²) >= 11 is 1.36. The lowest BCUT2D eigenvalue weighted by Crippen LogP contribution is -2.47. The highest BCUT2D eigenvalue weighted by molar-refractivity contribution is 7.12. The van der Waals surface area contributed by atoms with Crippen molar-refractivity contribution < 1.29 is 19.1 Å². The van der Waals surface area contributed by atoms with Gasteiger partial charge in [0.25, 0.3) is 5.91 Å². The standard InChI is InChI=1S/C19H27NO4S/c1-12-6-4-7-15(13(12)2)20-19(23)14(3)24-18(22)10-9-16(21)17-8-5-11-25-17/h5,8,11-15H,4,6-7,9-10H2,1-3H3,(H,20,23)/t12-,13-,14-,15+/m1/s1. The Kier molecular flexibility index (Phi) is 7.17. The molecule has 1 aliphatic rings. The van der Waals surface area contributed by atoms with Gasteiger partial charge < -0.3 is 10.1 Å². The van der Waals surface area contributed by atoms with Crippen molar-refractivity contribution in [2.75, 3.05) is 0 Å². The number of thiophene rings is 1. The first kappa shape index (κ1) is 19.6. The van der Waals surface area contributed by atoms with Gasteiger partial charge in [-0.1, -0.05) is 32.8 Å². The maximum Gasteiger partial charge on any atom is 0.307 e. The molecule has 138 valence electrons. The zero-order valence-corrected chi connectivity index (χ0v) is 15.9. The van der Waals surface area contributed by atoms with Gasteiger partial charge in [0, 0.05) is 12.5 Å². The molecule has 0 aliphatic heterocycles. The van der Waals surface area contributed by atoms with Gasteiger partial charge in [0.15, 0.2) is 11.9 Å². The first-order chi connectivity index (χ1) is 11.9. The molecule has 0 bridgehead atoms. The predicted molar refractivity (Wildman–Crippen MR) is 97.5 cm³/mol. The van der Waals surface area contributed by atoms with E-state index in [1.54, 1.807) is 19.1 Å². The van der Waals surface area contributed by atoms with E-state index in [-0.39, 0.29) is 30.6 Å². The van der Waals surface area contributed by atoms with E-state index < -0.39 is 12.1 Å². The third-order valence-electron chi connectivity index (χ3n) is 5.06. The summed E-state index contributed by atoms with van der Waals surface area (Å²) in [6.07, 6.45) is 2.52. The number of carbonyl (C=O) groups excluding carboxylic acids is 3. The zero-order chi connectivity index (χ0) is 18.4. The molecule has 1 heterocycles. The highest BCUT2D eigenvalue weighted by Crippen LogP contribution is 2.29. The molecule has 25 heavy (non-hydrogen) atoms. The molecule has 0 radical (unpaired) electrons. The third-order valence-corrected chi connectivity index (χ3v) is 5.98. The lowest BCUT2D eigenvalue weighted by Gasteiger charge is -2.35. The Labute approximate surface area is 153 Å². The number of hydrogen-bond acceptors (Lipinski definition) is 5. The summed E-state index contributed by atoms with van der Waals surface area (Å²) in [4.78, 5) is 36.7. The van der Waals surface area contributed by atoms with Gasteiger partial charge in [-0.2, -0.15) is 0 Å². The fraction of sp³-hybridized carbons (Fsp3) is 0.632. The third kappa shape index (κ3) is 5.66. The topological polar surface area (TPSA) is 72.5 Å². The second kappa shape index (κ2) is 9.13. The van der Waals surface area contributed by atoms with Gasteiger partial charge in [0.05, 0.1) is 11.3 Å². The van der Waals surface area contributed by atoms with Crippen LogP contribution < -0.4 is 5.32 Å². The highest BCUT2D eigenvalue weighted by atomic mass is 32.1. The minimum Gasteiger partial charge on any atom is -0.453 e. The summed E-state index contributed by atoms with van der Waals surface area (Å²) < 4.78 is 5.18. The van der Waals surface area contributed by atoms with Crippen LogP contribution in [0.1, 0.15) is 62.5 Å². The molecule has 0 unspecified atom stereocenters. The van der Waals surface area contributed by atoms with Crippen LogP contribution in [0.3, 0.4) is 0 Å². The molecule has 2 rings (SSSR count). The van der Waals surface area contributed by atoms with Gasteiger partial charge in [0.1, 0.15) is 0 Å². The number of Topliss-reactive ketones (excluding diaryl/α,β-unsaturated/α-hetero) is 1. The van der Waals surface area contributed by atoms with Gasteiger partial charge in [-0.15, -0.1) is 11.3 Å². The van der Waals surface area contributed by atoms with Crippen molar-refractivity contribution in [1.29, 1.82) is 0 Å². The van der Waals surface area contributed by atoms with Crippen LogP contribution in [0.2, 0.25) is 0 Å². The van der Waals surface area contributed by atoms with Gasteiger partial charge in [0.2, 0.25) is 0 Å². The van der Waals surface area contributed by atoms with E-state index >= 15 is 0 Å². The van der Waals surface area contributed by atoms with Crippen LogP contribution in [0.4, 0.5) is 0 Å². The van der Waals surface area contributed by atoms with E-state index in [1.165, 1.54) is 17.8 Å². The summed E-state index contributed by atoms with van der Waals surface area (Å²) in [5.74, 6) is 0.153. The minimum absolute atomic E-state index is 0.00871. The van der Waals surface area contributed by atoms with Crippen molar-refractivity contribution in [3.8, 4) is 0 Å². The SMILES string of the molecule is C[C@@H]1[C@H](C)CCC[C@@H]1NC(=O)[C@@H](C)OC(=O)CCC(=O)c1cccs1. The van der Waals surface area contributed by atoms with Crippen molar-refractivity contribution in [3.05, 3.63) is 22.4 Å². The Morgan fingerprint density at radius 2 is 2.04 bits per heavy atom. The van der Waals surface area contributed by atoms with Crippen LogP contribution in [-0.4, -0.2) is 29.8 Å². The van der Waals surface area contributed by atoms with E-state index in [0.29, 0.717) is 16.7 Å².